The predicted octanol–water partition coefficient (Wildman–Crippen LogP) is 0.651. The standard InChI is InChI=1S/C24H29N5O6/c25-13-20(23(32)28-35)27-22(31)17-3-1-15(2-4-17)16-5-7-19(8-6-16)26-21(30)14-29-11-9-18(10-12-29)24(33)34/h1-8,18,20,35H,9-14,25H2,(H,26,30)(H,27,31)(H,28,32)(H,33,34)/t20-/m0/s1. The van der Waals surface area contributed by atoms with Crippen molar-refractivity contribution in [3.63, 3.8) is 0 Å². The zero-order valence-electron chi connectivity index (χ0n) is 19.1. The summed E-state index contributed by atoms with van der Waals surface area (Å²) in [7, 11) is 0. The third kappa shape index (κ3) is 7.09. The molecule has 0 aromatic heterocycles. The van der Waals surface area contributed by atoms with Crippen LogP contribution >= 0.6 is 0 Å². The Bertz CT molecular complexity index is 1050. The lowest BCUT2D eigenvalue weighted by molar-refractivity contribution is -0.143. The Kier molecular flexibility index (Phi) is 8.90. The molecule has 1 aliphatic rings. The molecular formula is C24H29N5O6. The van der Waals surface area contributed by atoms with E-state index in [0.717, 1.165) is 11.1 Å². The Labute approximate surface area is 202 Å². The highest BCUT2D eigenvalue weighted by Crippen LogP contribution is 2.22. The molecule has 0 radical (unpaired) electrons. The van der Waals surface area contributed by atoms with Crippen LogP contribution in [0.5, 0.6) is 0 Å². The fourth-order valence-corrected chi connectivity index (χ4v) is 3.85. The van der Waals surface area contributed by atoms with Crippen LogP contribution in [0.2, 0.25) is 0 Å². The summed E-state index contributed by atoms with van der Waals surface area (Å²) >= 11 is 0. The lowest BCUT2D eigenvalue weighted by Crippen LogP contribution is -2.50. The zero-order valence-corrected chi connectivity index (χ0v) is 19.1. The number of nitrogens with one attached hydrogen (secondary N) is 3. The molecule has 1 saturated heterocycles. The maximum absolute atomic E-state index is 12.4. The van der Waals surface area contributed by atoms with Crippen LogP contribution in [0.3, 0.4) is 0 Å². The number of aliphatic carboxylic acids is 1. The Morgan fingerprint density at radius 1 is 0.971 bits per heavy atom. The maximum atomic E-state index is 12.4. The molecule has 7 N–H and O–H groups in total. The minimum Gasteiger partial charge on any atom is -0.481 e. The van der Waals surface area contributed by atoms with E-state index in [4.69, 9.17) is 16.0 Å². The predicted molar refractivity (Wildman–Crippen MR) is 128 cm³/mol. The van der Waals surface area contributed by atoms with Crippen molar-refractivity contribution in [3.8, 4) is 11.1 Å². The smallest absolute Gasteiger partial charge is 0.306 e. The number of anilines is 1. The van der Waals surface area contributed by atoms with Crippen LogP contribution in [0.25, 0.3) is 11.1 Å². The summed E-state index contributed by atoms with van der Waals surface area (Å²) in [6.45, 7) is 1.21. The van der Waals surface area contributed by atoms with E-state index in [1.165, 1.54) is 5.48 Å². The Balaban J connectivity index is 1.53. The maximum Gasteiger partial charge on any atom is 0.306 e. The van der Waals surface area contributed by atoms with Crippen LogP contribution in [0.4, 0.5) is 5.69 Å². The molecule has 1 aliphatic heterocycles. The summed E-state index contributed by atoms with van der Waals surface area (Å²) in [5.74, 6) is -2.57. The van der Waals surface area contributed by atoms with E-state index in [0.29, 0.717) is 37.2 Å². The lowest BCUT2D eigenvalue weighted by Gasteiger charge is -2.29. The molecule has 186 valence electrons. The van der Waals surface area contributed by atoms with Crippen LogP contribution < -0.4 is 21.8 Å². The number of hydrogen-bond donors (Lipinski definition) is 6. The van der Waals surface area contributed by atoms with Gasteiger partial charge in [0.15, 0.2) is 0 Å². The van der Waals surface area contributed by atoms with Gasteiger partial charge in [-0.2, -0.15) is 0 Å². The number of piperidine rings is 1. The third-order valence-corrected chi connectivity index (χ3v) is 5.92. The van der Waals surface area contributed by atoms with E-state index in [9.17, 15) is 19.2 Å². The second kappa shape index (κ2) is 12.1. The molecule has 2 aromatic rings. The minimum atomic E-state index is -1.05. The van der Waals surface area contributed by atoms with Gasteiger partial charge in [-0.05, 0) is 61.3 Å². The van der Waals surface area contributed by atoms with Gasteiger partial charge in [0, 0.05) is 17.8 Å². The van der Waals surface area contributed by atoms with E-state index in [-0.39, 0.29) is 24.9 Å². The molecule has 1 atom stereocenters. The summed E-state index contributed by atoms with van der Waals surface area (Å²) in [6, 6.07) is 12.9. The SMILES string of the molecule is NC[C@H](NC(=O)c1ccc(-c2ccc(NC(=O)CN3CCC(C(=O)O)CC3)cc2)cc1)C(=O)NO. The van der Waals surface area contributed by atoms with Crippen LogP contribution in [-0.4, -0.2) is 71.1 Å². The molecule has 35 heavy (non-hydrogen) atoms. The van der Waals surface area contributed by atoms with Crippen molar-refractivity contribution in [2.75, 3.05) is 31.5 Å². The molecular weight excluding hydrogens is 454 g/mol. The van der Waals surface area contributed by atoms with Gasteiger partial charge in [-0.15, -0.1) is 0 Å². The van der Waals surface area contributed by atoms with Crippen molar-refractivity contribution in [1.29, 1.82) is 0 Å². The number of likely N-dealkylation sites (tertiary alicyclic amines) is 1. The van der Waals surface area contributed by atoms with Gasteiger partial charge >= 0.3 is 5.97 Å². The van der Waals surface area contributed by atoms with Gasteiger partial charge in [0.1, 0.15) is 6.04 Å². The molecule has 2 aromatic carbocycles. The van der Waals surface area contributed by atoms with E-state index < -0.39 is 23.8 Å². The number of nitrogens with two attached hydrogens (primary N) is 1. The number of hydroxylamine groups is 1. The van der Waals surface area contributed by atoms with Crippen LogP contribution in [0.1, 0.15) is 23.2 Å². The Morgan fingerprint density at radius 3 is 2.06 bits per heavy atom. The van der Waals surface area contributed by atoms with E-state index in [2.05, 4.69) is 10.6 Å². The number of carboxylic acids is 1. The summed E-state index contributed by atoms with van der Waals surface area (Å²) in [6.07, 6.45) is 1.09. The van der Waals surface area contributed by atoms with Crippen LogP contribution in [0.15, 0.2) is 48.5 Å². The monoisotopic (exact) mass is 483 g/mol. The lowest BCUT2D eigenvalue weighted by atomic mass is 9.97. The Hall–Kier alpha value is -3.80. The molecule has 3 amide bonds. The quantitative estimate of drug-likeness (QED) is 0.223. The Morgan fingerprint density at radius 2 is 1.54 bits per heavy atom. The number of hydrogen-bond acceptors (Lipinski definition) is 7. The van der Waals surface area contributed by atoms with Gasteiger partial charge in [-0.3, -0.25) is 29.3 Å². The number of amides is 3. The van der Waals surface area contributed by atoms with Gasteiger partial charge in [-0.25, -0.2) is 5.48 Å². The van der Waals surface area contributed by atoms with Crippen molar-refractivity contribution in [1.82, 2.24) is 15.7 Å². The molecule has 1 fully saturated rings. The third-order valence-electron chi connectivity index (χ3n) is 5.92. The number of benzene rings is 2. The number of nitrogens with zero attached hydrogens (tertiary/aromatic N) is 1. The molecule has 11 heteroatoms. The number of rotatable bonds is 9. The summed E-state index contributed by atoms with van der Waals surface area (Å²) < 4.78 is 0. The van der Waals surface area contributed by atoms with Gasteiger partial charge in [0.05, 0.1) is 12.5 Å². The normalized spacial score (nSPS) is 15.1. The average molecular weight is 484 g/mol. The van der Waals surface area contributed by atoms with Crippen molar-refractivity contribution in [2.24, 2.45) is 11.7 Å². The first kappa shape index (κ1) is 25.8. The summed E-state index contributed by atoms with van der Waals surface area (Å²) in [5, 5.41) is 23.1. The van der Waals surface area contributed by atoms with E-state index >= 15 is 0 Å². The first-order valence-corrected chi connectivity index (χ1v) is 11.2. The number of carbonyl (C=O) groups excluding carboxylic acids is 3. The first-order valence-electron chi connectivity index (χ1n) is 11.2. The first-order chi connectivity index (χ1) is 16.8. The summed E-state index contributed by atoms with van der Waals surface area (Å²) in [5.41, 5.74) is 9.61. The highest BCUT2D eigenvalue weighted by atomic mass is 16.5. The molecule has 0 spiro atoms. The van der Waals surface area contributed by atoms with Gasteiger partial charge in [0.2, 0.25) is 5.91 Å². The number of carboxylic acid groups (broad SMARTS) is 1. The zero-order chi connectivity index (χ0) is 25.4. The highest BCUT2D eigenvalue weighted by Gasteiger charge is 2.25. The molecule has 0 aliphatic carbocycles. The van der Waals surface area contributed by atoms with Gasteiger partial charge in [-0.1, -0.05) is 24.3 Å². The molecule has 0 saturated carbocycles. The van der Waals surface area contributed by atoms with Gasteiger partial charge in [0.25, 0.3) is 11.8 Å². The fraction of sp³-hybridized carbons (Fsp3) is 0.333. The van der Waals surface area contributed by atoms with Crippen molar-refractivity contribution >= 4 is 29.4 Å². The van der Waals surface area contributed by atoms with E-state index in [1.807, 2.05) is 17.0 Å². The largest absolute Gasteiger partial charge is 0.481 e. The molecule has 0 unspecified atom stereocenters. The van der Waals surface area contributed by atoms with Crippen molar-refractivity contribution < 1.29 is 29.5 Å². The fourth-order valence-electron chi connectivity index (χ4n) is 3.85. The molecule has 0 bridgehead atoms. The minimum absolute atomic E-state index is 0.160. The van der Waals surface area contributed by atoms with Gasteiger partial charge < -0.3 is 21.5 Å². The topological polar surface area (TPSA) is 174 Å². The summed E-state index contributed by atoms with van der Waals surface area (Å²) in [4.78, 5) is 49.1. The van der Waals surface area contributed by atoms with Crippen molar-refractivity contribution in [2.45, 2.75) is 18.9 Å². The average Bonchev–Trinajstić information content (AvgIpc) is 2.87. The van der Waals surface area contributed by atoms with Crippen LogP contribution in [0, 0.1) is 5.92 Å². The second-order valence-corrected chi connectivity index (χ2v) is 8.33. The molecule has 11 nitrogen and oxygen atoms in total. The highest BCUT2D eigenvalue weighted by molar-refractivity contribution is 5.98. The molecule has 1 heterocycles. The number of carbonyl (C=O) groups is 4. The molecule has 3 rings (SSSR count). The van der Waals surface area contributed by atoms with E-state index in [1.54, 1.807) is 36.4 Å². The second-order valence-electron chi connectivity index (χ2n) is 8.33. The van der Waals surface area contributed by atoms with Crippen LogP contribution in [-0.2, 0) is 14.4 Å². The van der Waals surface area contributed by atoms with Crippen molar-refractivity contribution in [3.05, 3.63) is 54.1 Å².